The highest BCUT2D eigenvalue weighted by Crippen LogP contribution is 2.15. The molecular formula is C13H12N2OS2. The van der Waals surface area contributed by atoms with E-state index in [4.69, 9.17) is 18.0 Å². The monoisotopic (exact) mass is 276 g/mol. The number of amides is 1. The highest BCUT2D eigenvalue weighted by Gasteiger charge is 2.18. The second-order valence-electron chi connectivity index (χ2n) is 3.70. The number of nitrogens with two attached hydrogens (primary N) is 1. The normalized spacial score (nSPS) is 11.8. The molecule has 1 atom stereocenters. The van der Waals surface area contributed by atoms with Gasteiger partial charge in [-0.2, -0.15) is 0 Å². The van der Waals surface area contributed by atoms with Crippen molar-refractivity contribution >= 4 is 34.5 Å². The standard InChI is InChI=1S/C13H12N2OS2/c14-12(17)11(9-5-2-1-3-6-9)15-13(16)10-7-4-8-18-10/h1-8,11H,(H2,14,17)(H,15,16). The van der Waals surface area contributed by atoms with Crippen LogP contribution in [0.15, 0.2) is 47.8 Å². The minimum atomic E-state index is -0.434. The van der Waals surface area contributed by atoms with Gasteiger partial charge in [0.1, 0.15) is 11.0 Å². The first-order valence-corrected chi connectivity index (χ1v) is 6.66. The first-order valence-electron chi connectivity index (χ1n) is 5.37. The van der Waals surface area contributed by atoms with Crippen molar-refractivity contribution in [1.82, 2.24) is 5.32 Å². The molecule has 0 bridgehead atoms. The fourth-order valence-electron chi connectivity index (χ4n) is 1.57. The zero-order valence-corrected chi connectivity index (χ0v) is 11.1. The van der Waals surface area contributed by atoms with Crippen LogP contribution in [-0.4, -0.2) is 10.9 Å². The van der Waals surface area contributed by atoms with E-state index in [0.29, 0.717) is 4.88 Å². The van der Waals surface area contributed by atoms with Crippen LogP contribution in [0, 0.1) is 0 Å². The predicted molar refractivity (Wildman–Crippen MR) is 77.8 cm³/mol. The molecule has 2 aromatic rings. The smallest absolute Gasteiger partial charge is 0.262 e. The number of hydrogen-bond donors (Lipinski definition) is 2. The van der Waals surface area contributed by atoms with Gasteiger partial charge in [-0.25, -0.2) is 0 Å². The first kappa shape index (κ1) is 12.7. The number of carbonyl (C=O) groups excluding carboxylic acids is 1. The van der Waals surface area contributed by atoms with Gasteiger partial charge in [-0.1, -0.05) is 48.6 Å². The molecule has 2 rings (SSSR count). The average molecular weight is 276 g/mol. The number of hydrogen-bond acceptors (Lipinski definition) is 3. The summed E-state index contributed by atoms with van der Waals surface area (Å²) in [5.74, 6) is -0.161. The maximum atomic E-state index is 12.0. The minimum Gasteiger partial charge on any atom is -0.391 e. The fraction of sp³-hybridized carbons (Fsp3) is 0.0769. The zero-order chi connectivity index (χ0) is 13.0. The van der Waals surface area contributed by atoms with E-state index < -0.39 is 6.04 Å². The van der Waals surface area contributed by atoms with Crippen LogP contribution in [0.1, 0.15) is 21.3 Å². The molecule has 0 radical (unpaired) electrons. The van der Waals surface area contributed by atoms with Crippen LogP contribution in [0.25, 0.3) is 0 Å². The van der Waals surface area contributed by atoms with Crippen LogP contribution < -0.4 is 11.1 Å². The van der Waals surface area contributed by atoms with Gasteiger partial charge in [-0.05, 0) is 17.0 Å². The van der Waals surface area contributed by atoms with E-state index in [0.717, 1.165) is 5.56 Å². The summed E-state index contributed by atoms with van der Waals surface area (Å²) in [6.07, 6.45) is 0. The lowest BCUT2D eigenvalue weighted by Gasteiger charge is -2.17. The topological polar surface area (TPSA) is 55.1 Å². The van der Waals surface area contributed by atoms with E-state index in [1.165, 1.54) is 11.3 Å². The van der Waals surface area contributed by atoms with Crippen LogP contribution in [0.2, 0.25) is 0 Å². The minimum absolute atomic E-state index is 0.161. The molecule has 1 amide bonds. The molecule has 18 heavy (non-hydrogen) atoms. The molecule has 3 N–H and O–H groups in total. The van der Waals surface area contributed by atoms with Gasteiger partial charge < -0.3 is 11.1 Å². The van der Waals surface area contributed by atoms with E-state index in [2.05, 4.69) is 5.32 Å². The number of nitrogens with one attached hydrogen (secondary N) is 1. The molecule has 0 aliphatic rings. The molecule has 1 aromatic heterocycles. The Morgan fingerprint density at radius 3 is 2.50 bits per heavy atom. The molecule has 0 saturated heterocycles. The largest absolute Gasteiger partial charge is 0.391 e. The van der Waals surface area contributed by atoms with Gasteiger partial charge in [0, 0.05) is 0 Å². The lowest BCUT2D eigenvalue weighted by atomic mass is 10.1. The third-order valence-corrected chi connectivity index (χ3v) is 3.54. The summed E-state index contributed by atoms with van der Waals surface area (Å²) in [4.78, 5) is 12.9. The van der Waals surface area contributed by atoms with Crippen molar-refractivity contribution in [2.45, 2.75) is 6.04 Å². The maximum absolute atomic E-state index is 12.0. The summed E-state index contributed by atoms with van der Waals surface area (Å²) in [7, 11) is 0. The van der Waals surface area contributed by atoms with Crippen LogP contribution in [0.4, 0.5) is 0 Å². The molecule has 0 fully saturated rings. The third kappa shape index (κ3) is 2.94. The molecule has 1 aromatic carbocycles. The molecular weight excluding hydrogens is 264 g/mol. The molecule has 0 aliphatic carbocycles. The van der Waals surface area contributed by atoms with E-state index in [9.17, 15) is 4.79 Å². The van der Waals surface area contributed by atoms with Crippen LogP contribution in [-0.2, 0) is 0 Å². The number of rotatable bonds is 4. The van der Waals surface area contributed by atoms with E-state index in [-0.39, 0.29) is 10.9 Å². The van der Waals surface area contributed by atoms with Crippen molar-refractivity contribution in [1.29, 1.82) is 0 Å². The van der Waals surface area contributed by atoms with Gasteiger partial charge >= 0.3 is 0 Å². The van der Waals surface area contributed by atoms with Gasteiger partial charge in [0.25, 0.3) is 5.91 Å². The van der Waals surface area contributed by atoms with Crippen LogP contribution in [0.3, 0.4) is 0 Å². The van der Waals surface area contributed by atoms with E-state index >= 15 is 0 Å². The second-order valence-corrected chi connectivity index (χ2v) is 5.12. The van der Waals surface area contributed by atoms with Crippen molar-refractivity contribution in [2.75, 3.05) is 0 Å². The summed E-state index contributed by atoms with van der Waals surface area (Å²) in [6, 6.07) is 12.6. The lowest BCUT2D eigenvalue weighted by Crippen LogP contribution is -2.36. The summed E-state index contributed by atoms with van der Waals surface area (Å²) < 4.78 is 0. The van der Waals surface area contributed by atoms with Crippen molar-refractivity contribution in [3.05, 3.63) is 58.3 Å². The number of benzene rings is 1. The number of carbonyl (C=O) groups is 1. The number of thiophene rings is 1. The van der Waals surface area contributed by atoms with Crippen LogP contribution in [0.5, 0.6) is 0 Å². The van der Waals surface area contributed by atoms with Crippen molar-refractivity contribution in [3.8, 4) is 0 Å². The Bertz CT molecular complexity index is 537. The van der Waals surface area contributed by atoms with Crippen LogP contribution >= 0.6 is 23.6 Å². The summed E-state index contributed by atoms with van der Waals surface area (Å²) in [6.45, 7) is 0. The Hall–Kier alpha value is -1.72. The molecule has 1 unspecified atom stereocenters. The van der Waals surface area contributed by atoms with Gasteiger partial charge in [0.15, 0.2) is 0 Å². The number of thiocarbonyl (C=S) groups is 1. The Kier molecular flexibility index (Phi) is 4.07. The summed E-state index contributed by atoms with van der Waals surface area (Å²) in [5, 5.41) is 4.69. The quantitative estimate of drug-likeness (QED) is 0.844. The molecule has 92 valence electrons. The van der Waals surface area contributed by atoms with Gasteiger partial charge in [0.05, 0.1) is 4.88 Å². The molecule has 5 heteroatoms. The molecule has 0 saturated carbocycles. The Morgan fingerprint density at radius 2 is 1.94 bits per heavy atom. The summed E-state index contributed by atoms with van der Waals surface area (Å²) >= 11 is 6.40. The molecule has 0 aliphatic heterocycles. The molecule has 3 nitrogen and oxygen atoms in total. The third-order valence-electron chi connectivity index (χ3n) is 2.44. The second kappa shape index (κ2) is 5.75. The zero-order valence-electron chi connectivity index (χ0n) is 9.50. The fourth-order valence-corrected chi connectivity index (χ4v) is 2.40. The van der Waals surface area contributed by atoms with E-state index in [1.54, 1.807) is 6.07 Å². The lowest BCUT2D eigenvalue weighted by molar-refractivity contribution is 0.0951. The Labute approximate surface area is 115 Å². The van der Waals surface area contributed by atoms with Gasteiger partial charge in [-0.15, -0.1) is 11.3 Å². The SMILES string of the molecule is NC(=S)C(NC(=O)c1cccs1)c1ccccc1. The average Bonchev–Trinajstić information content (AvgIpc) is 2.90. The van der Waals surface area contributed by atoms with E-state index in [1.807, 2.05) is 41.8 Å². The van der Waals surface area contributed by atoms with Gasteiger partial charge in [0.2, 0.25) is 0 Å². The van der Waals surface area contributed by atoms with Crippen molar-refractivity contribution in [3.63, 3.8) is 0 Å². The first-order chi connectivity index (χ1) is 8.68. The summed E-state index contributed by atoms with van der Waals surface area (Å²) in [5.41, 5.74) is 6.57. The maximum Gasteiger partial charge on any atom is 0.262 e. The highest BCUT2D eigenvalue weighted by molar-refractivity contribution is 7.80. The predicted octanol–water partition coefficient (Wildman–Crippen LogP) is 2.51. The Morgan fingerprint density at radius 1 is 1.22 bits per heavy atom. The molecule has 1 heterocycles. The van der Waals surface area contributed by atoms with Gasteiger partial charge in [-0.3, -0.25) is 4.79 Å². The Balaban J connectivity index is 2.18. The highest BCUT2D eigenvalue weighted by atomic mass is 32.1. The molecule has 0 spiro atoms. The van der Waals surface area contributed by atoms with Crippen molar-refractivity contribution < 1.29 is 4.79 Å². The van der Waals surface area contributed by atoms with Crippen molar-refractivity contribution in [2.24, 2.45) is 5.73 Å².